The second kappa shape index (κ2) is 9.28. The summed E-state index contributed by atoms with van der Waals surface area (Å²) in [5.74, 6) is 5.95. The Labute approximate surface area is 80.7 Å². The number of carbonyl (C=O) groups is 1. The van der Waals surface area contributed by atoms with Gasteiger partial charge in [0.15, 0.2) is 0 Å². The van der Waals surface area contributed by atoms with E-state index in [0.29, 0.717) is 31.7 Å². The van der Waals surface area contributed by atoms with E-state index in [4.69, 9.17) is 4.74 Å². The van der Waals surface area contributed by atoms with Crippen LogP contribution in [0.2, 0.25) is 0 Å². The van der Waals surface area contributed by atoms with Crippen molar-refractivity contribution in [1.29, 1.82) is 0 Å². The largest absolute Gasteiger partial charge is 0.382 e. The van der Waals surface area contributed by atoms with Crippen LogP contribution in [0.4, 0.5) is 0 Å². The van der Waals surface area contributed by atoms with Crippen molar-refractivity contribution in [3.05, 3.63) is 0 Å². The highest BCUT2D eigenvalue weighted by Gasteiger charge is 1.99. The number of hydrogen-bond donors (Lipinski definition) is 0. The van der Waals surface area contributed by atoms with Crippen molar-refractivity contribution in [2.75, 3.05) is 13.2 Å². The van der Waals surface area contributed by atoms with Gasteiger partial charge < -0.3 is 4.74 Å². The van der Waals surface area contributed by atoms with Gasteiger partial charge in [-0.3, -0.25) is 4.79 Å². The molecule has 0 unspecified atom stereocenters. The van der Waals surface area contributed by atoms with Crippen molar-refractivity contribution >= 4 is 5.78 Å². The zero-order chi connectivity index (χ0) is 9.94. The first-order valence-electron chi connectivity index (χ1n) is 4.80. The maximum Gasteiger partial charge on any atom is 0.133 e. The van der Waals surface area contributed by atoms with E-state index in [2.05, 4.69) is 11.8 Å². The van der Waals surface area contributed by atoms with Gasteiger partial charge in [-0.2, -0.15) is 0 Å². The Morgan fingerprint density at radius 2 is 2.15 bits per heavy atom. The van der Waals surface area contributed by atoms with E-state index in [-0.39, 0.29) is 0 Å². The molecule has 0 spiro atoms. The molecular formula is C11H18O2. The molecule has 0 aromatic rings. The standard InChI is InChI=1S/C11H18O2/c1-3-5-6-8-11(12)9-7-10-13-4-2/h4,6-10H2,1-2H3. The van der Waals surface area contributed by atoms with Gasteiger partial charge in [0, 0.05) is 32.5 Å². The predicted molar refractivity (Wildman–Crippen MR) is 53.4 cm³/mol. The lowest BCUT2D eigenvalue weighted by atomic mass is 10.1. The van der Waals surface area contributed by atoms with Crippen LogP contribution in [-0.2, 0) is 9.53 Å². The summed E-state index contributed by atoms with van der Waals surface area (Å²) in [6, 6.07) is 0. The van der Waals surface area contributed by atoms with Crippen molar-refractivity contribution in [1.82, 2.24) is 0 Å². The summed E-state index contributed by atoms with van der Waals surface area (Å²) in [5, 5.41) is 0. The summed E-state index contributed by atoms with van der Waals surface area (Å²) in [6.07, 6.45) is 2.76. The molecule has 0 N–H and O–H groups in total. The van der Waals surface area contributed by atoms with Gasteiger partial charge in [0.05, 0.1) is 0 Å². The van der Waals surface area contributed by atoms with E-state index in [1.54, 1.807) is 6.92 Å². The Balaban J connectivity index is 3.23. The first-order chi connectivity index (χ1) is 6.31. The summed E-state index contributed by atoms with van der Waals surface area (Å²) in [4.78, 5) is 11.2. The molecule has 0 amide bonds. The highest BCUT2D eigenvalue weighted by atomic mass is 16.5. The normalized spacial score (nSPS) is 9.08. The summed E-state index contributed by atoms with van der Waals surface area (Å²) in [7, 11) is 0. The second-order valence-electron chi connectivity index (χ2n) is 2.77. The highest BCUT2D eigenvalue weighted by molar-refractivity contribution is 5.78. The molecule has 0 bridgehead atoms. The monoisotopic (exact) mass is 182 g/mol. The molecule has 2 nitrogen and oxygen atoms in total. The van der Waals surface area contributed by atoms with Crippen molar-refractivity contribution in [3.8, 4) is 11.8 Å². The lowest BCUT2D eigenvalue weighted by molar-refractivity contribution is -0.119. The van der Waals surface area contributed by atoms with Crippen LogP contribution in [0.5, 0.6) is 0 Å². The van der Waals surface area contributed by atoms with Gasteiger partial charge >= 0.3 is 0 Å². The lowest BCUT2D eigenvalue weighted by Gasteiger charge is -1.99. The summed E-state index contributed by atoms with van der Waals surface area (Å²) >= 11 is 0. The average molecular weight is 182 g/mol. The second-order valence-corrected chi connectivity index (χ2v) is 2.77. The fraction of sp³-hybridized carbons (Fsp3) is 0.727. The molecule has 0 fully saturated rings. The molecule has 0 saturated carbocycles. The van der Waals surface area contributed by atoms with E-state index in [1.165, 1.54) is 0 Å². The smallest absolute Gasteiger partial charge is 0.133 e. The molecule has 0 aliphatic heterocycles. The molecule has 74 valence electrons. The van der Waals surface area contributed by atoms with E-state index in [0.717, 1.165) is 13.0 Å². The quantitative estimate of drug-likeness (QED) is 0.445. The molecule has 0 saturated heterocycles. The predicted octanol–water partition coefficient (Wildman–Crippen LogP) is 2.18. The molecule has 0 radical (unpaired) electrons. The number of carbonyl (C=O) groups excluding carboxylic acids is 1. The molecule has 0 heterocycles. The van der Waals surface area contributed by atoms with Gasteiger partial charge in [0.2, 0.25) is 0 Å². The molecule has 0 aromatic heterocycles. The fourth-order valence-electron chi connectivity index (χ4n) is 0.968. The minimum atomic E-state index is 0.294. The fourth-order valence-corrected chi connectivity index (χ4v) is 0.968. The first kappa shape index (κ1) is 12.2. The average Bonchev–Trinajstić information content (AvgIpc) is 2.13. The van der Waals surface area contributed by atoms with Gasteiger partial charge in [-0.25, -0.2) is 0 Å². The van der Waals surface area contributed by atoms with E-state index in [1.807, 2.05) is 6.92 Å². The number of rotatable bonds is 7. The molecule has 0 aliphatic carbocycles. The van der Waals surface area contributed by atoms with Crippen LogP contribution in [0.3, 0.4) is 0 Å². The summed E-state index contributed by atoms with van der Waals surface area (Å²) in [6.45, 7) is 5.18. The Morgan fingerprint density at radius 3 is 2.77 bits per heavy atom. The van der Waals surface area contributed by atoms with Gasteiger partial charge in [0.1, 0.15) is 5.78 Å². The zero-order valence-corrected chi connectivity index (χ0v) is 8.56. The molecule has 0 aliphatic rings. The minimum Gasteiger partial charge on any atom is -0.382 e. The van der Waals surface area contributed by atoms with Crippen LogP contribution in [-0.4, -0.2) is 19.0 Å². The topological polar surface area (TPSA) is 26.3 Å². The van der Waals surface area contributed by atoms with Gasteiger partial charge in [-0.05, 0) is 20.3 Å². The van der Waals surface area contributed by atoms with Crippen molar-refractivity contribution in [3.63, 3.8) is 0 Å². The van der Waals surface area contributed by atoms with E-state index >= 15 is 0 Å². The maximum absolute atomic E-state index is 11.2. The summed E-state index contributed by atoms with van der Waals surface area (Å²) in [5.41, 5.74) is 0. The Bertz CT molecular complexity index is 186. The van der Waals surface area contributed by atoms with Crippen LogP contribution in [0, 0.1) is 11.8 Å². The Morgan fingerprint density at radius 1 is 1.38 bits per heavy atom. The summed E-state index contributed by atoms with van der Waals surface area (Å²) < 4.78 is 5.13. The van der Waals surface area contributed by atoms with E-state index in [9.17, 15) is 4.79 Å². The minimum absolute atomic E-state index is 0.294. The SMILES string of the molecule is CC#CCCC(=O)CCCOCC. The first-order valence-corrected chi connectivity index (χ1v) is 4.80. The van der Waals surface area contributed by atoms with E-state index < -0.39 is 0 Å². The van der Waals surface area contributed by atoms with Crippen LogP contribution in [0.25, 0.3) is 0 Å². The third-order valence-corrected chi connectivity index (χ3v) is 1.65. The molecule has 2 heteroatoms. The lowest BCUT2D eigenvalue weighted by Crippen LogP contribution is -2.00. The van der Waals surface area contributed by atoms with Crippen molar-refractivity contribution in [2.24, 2.45) is 0 Å². The van der Waals surface area contributed by atoms with Gasteiger partial charge in [-0.1, -0.05) is 0 Å². The third kappa shape index (κ3) is 9.10. The van der Waals surface area contributed by atoms with Gasteiger partial charge in [-0.15, -0.1) is 11.8 Å². The Hall–Kier alpha value is -0.810. The molecular weight excluding hydrogens is 164 g/mol. The number of Topliss-reactive ketones (excluding diaryl/α,β-unsaturated/α-hetero) is 1. The molecule has 0 atom stereocenters. The van der Waals surface area contributed by atoms with Crippen molar-refractivity contribution in [2.45, 2.75) is 39.5 Å². The third-order valence-electron chi connectivity index (χ3n) is 1.65. The number of ether oxygens (including phenoxy) is 1. The zero-order valence-electron chi connectivity index (χ0n) is 8.56. The maximum atomic E-state index is 11.2. The van der Waals surface area contributed by atoms with Crippen LogP contribution in [0.1, 0.15) is 39.5 Å². The number of hydrogen-bond acceptors (Lipinski definition) is 2. The van der Waals surface area contributed by atoms with Crippen LogP contribution in [0.15, 0.2) is 0 Å². The highest BCUT2D eigenvalue weighted by Crippen LogP contribution is 1.98. The van der Waals surface area contributed by atoms with Gasteiger partial charge in [0.25, 0.3) is 0 Å². The van der Waals surface area contributed by atoms with Crippen LogP contribution < -0.4 is 0 Å². The molecule has 0 aromatic carbocycles. The number of ketones is 1. The molecule has 13 heavy (non-hydrogen) atoms. The molecule has 0 rings (SSSR count). The Kier molecular flexibility index (Phi) is 8.70. The van der Waals surface area contributed by atoms with Crippen LogP contribution >= 0.6 is 0 Å². The van der Waals surface area contributed by atoms with Crippen molar-refractivity contribution < 1.29 is 9.53 Å².